The Labute approximate surface area is 348 Å². The van der Waals surface area contributed by atoms with Crippen LogP contribution in [0.5, 0.6) is 11.5 Å². The highest BCUT2D eigenvalue weighted by Crippen LogP contribution is 2.47. The van der Waals surface area contributed by atoms with Gasteiger partial charge in [0.2, 0.25) is 0 Å². The van der Waals surface area contributed by atoms with E-state index < -0.39 is 0 Å². The van der Waals surface area contributed by atoms with E-state index in [1.165, 1.54) is 98.2 Å². The molecule has 0 amide bonds. The van der Waals surface area contributed by atoms with Gasteiger partial charge in [-0.3, -0.25) is 0 Å². The first kappa shape index (κ1) is 37.4. The first-order valence-corrected chi connectivity index (χ1v) is 21.2. The average molecular weight is 771 g/mol. The van der Waals surface area contributed by atoms with Crippen LogP contribution in [-0.2, 0) is 17.3 Å². The van der Waals surface area contributed by atoms with Crippen LogP contribution in [0.1, 0.15) is 77.6 Å². The Balaban J connectivity index is 1.10. The van der Waals surface area contributed by atoms with E-state index in [0.29, 0.717) is 5.92 Å². The minimum atomic E-state index is -0.283. The average Bonchev–Trinajstić information content (AvgIpc) is 3.23. The van der Waals surface area contributed by atoms with Crippen molar-refractivity contribution in [3.05, 3.63) is 149 Å². The molecule has 0 bridgehead atoms. The van der Waals surface area contributed by atoms with Crippen LogP contribution in [0, 0.1) is 11.3 Å². The van der Waals surface area contributed by atoms with E-state index in [-0.39, 0.29) is 16.2 Å². The van der Waals surface area contributed by atoms with E-state index in [2.05, 4.69) is 183 Å². The lowest BCUT2D eigenvalue weighted by Crippen LogP contribution is -2.26. The van der Waals surface area contributed by atoms with Crippen molar-refractivity contribution < 1.29 is 9.47 Å². The largest absolute Gasteiger partial charge is 0.496 e. The van der Waals surface area contributed by atoms with Crippen LogP contribution in [-0.4, -0.2) is 14.2 Å². The molecule has 1 unspecified atom stereocenters. The Morgan fingerprint density at radius 2 is 0.983 bits per heavy atom. The molecule has 0 saturated carbocycles. The number of hydrogen-bond acceptors (Lipinski definition) is 2. The molecule has 2 nitrogen and oxygen atoms in total. The van der Waals surface area contributed by atoms with E-state index in [0.717, 1.165) is 23.3 Å². The number of benzene rings is 9. The van der Waals surface area contributed by atoms with Gasteiger partial charge in [0.05, 0.1) is 14.2 Å². The second-order valence-corrected chi connectivity index (χ2v) is 19.8. The monoisotopic (exact) mass is 770 g/mol. The maximum absolute atomic E-state index is 6.14. The topological polar surface area (TPSA) is 18.5 Å². The van der Waals surface area contributed by atoms with Gasteiger partial charge in [-0.1, -0.05) is 165 Å². The van der Waals surface area contributed by atoms with Gasteiger partial charge in [0, 0.05) is 27.0 Å². The van der Waals surface area contributed by atoms with Gasteiger partial charge >= 0.3 is 0 Å². The zero-order chi connectivity index (χ0) is 41.2. The fourth-order valence-electron chi connectivity index (χ4n) is 10.1. The molecular weight excluding hydrogens is 717 g/mol. The second-order valence-electron chi connectivity index (χ2n) is 19.8. The van der Waals surface area contributed by atoms with Crippen LogP contribution >= 0.6 is 0 Å². The summed E-state index contributed by atoms with van der Waals surface area (Å²) in [4.78, 5) is 0. The summed E-state index contributed by atoms with van der Waals surface area (Å²) in [7, 11) is 3.60. The van der Waals surface area contributed by atoms with Gasteiger partial charge in [-0.15, -0.1) is 0 Å². The molecule has 2 heteroatoms. The van der Waals surface area contributed by atoms with Crippen LogP contribution in [0.15, 0.2) is 121 Å². The smallest absolute Gasteiger partial charge is 0.127 e. The Morgan fingerprint density at radius 3 is 1.51 bits per heavy atom. The minimum absolute atomic E-state index is 0.0630. The Morgan fingerprint density at radius 1 is 0.475 bits per heavy atom. The molecule has 0 aromatic heterocycles. The third-order valence-corrected chi connectivity index (χ3v) is 13.8. The second kappa shape index (κ2) is 13.1. The van der Waals surface area contributed by atoms with E-state index in [1.807, 2.05) is 0 Å². The molecule has 0 saturated heterocycles. The highest BCUT2D eigenvalue weighted by molar-refractivity contribution is 6.27. The lowest BCUT2D eigenvalue weighted by atomic mass is 9.73. The van der Waals surface area contributed by atoms with Crippen LogP contribution in [0.2, 0.25) is 0 Å². The summed E-state index contributed by atoms with van der Waals surface area (Å²) in [5.74, 6) is 2.32. The fourth-order valence-corrected chi connectivity index (χ4v) is 10.1. The number of ether oxygens (including phenoxy) is 2. The van der Waals surface area contributed by atoms with Crippen LogP contribution in [0.4, 0.5) is 0 Å². The van der Waals surface area contributed by atoms with Crippen LogP contribution in [0.3, 0.4) is 0 Å². The van der Waals surface area contributed by atoms with Crippen molar-refractivity contribution in [3.63, 3.8) is 0 Å². The summed E-state index contributed by atoms with van der Waals surface area (Å²) in [5, 5.41) is 14.0. The van der Waals surface area contributed by atoms with Gasteiger partial charge in [0.1, 0.15) is 11.5 Å². The molecular formula is C57H54O2. The Kier molecular flexibility index (Phi) is 8.29. The molecule has 0 aliphatic heterocycles. The molecule has 0 radical (unpaired) electrons. The van der Waals surface area contributed by atoms with Gasteiger partial charge in [-0.25, -0.2) is 0 Å². The van der Waals surface area contributed by atoms with E-state index in [1.54, 1.807) is 14.2 Å². The zero-order valence-corrected chi connectivity index (χ0v) is 36.2. The maximum Gasteiger partial charge on any atom is 0.127 e. The highest BCUT2D eigenvalue weighted by Gasteiger charge is 2.29. The third-order valence-electron chi connectivity index (χ3n) is 13.8. The number of hydrogen-bond donors (Lipinski definition) is 0. The van der Waals surface area contributed by atoms with Gasteiger partial charge in [0.25, 0.3) is 0 Å². The zero-order valence-electron chi connectivity index (χ0n) is 36.2. The highest BCUT2D eigenvalue weighted by atomic mass is 16.5. The van der Waals surface area contributed by atoms with E-state index in [9.17, 15) is 0 Å². The van der Waals surface area contributed by atoms with Gasteiger partial charge < -0.3 is 9.47 Å². The normalized spacial score (nSPS) is 14.8. The van der Waals surface area contributed by atoms with Gasteiger partial charge in [-0.05, 0) is 123 Å². The Bertz CT molecular complexity index is 3180. The molecule has 1 aliphatic carbocycles. The molecule has 9 aromatic carbocycles. The van der Waals surface area contributed by atoms with Gasteiger partial charge in [-0.2, -0.15) is 0 Å². The number of methoxy groups -OCH3 is 2. The Hall–Kier alpha value is -5.86. The molecule has 1 aliphatic rings. The van der Waals surface area contributed by atoms with Crippen LogP contribution < -0.4 is 14.7 Å². The lowest BCUT2D eigenvalue weighted by molar-refractivity contribution is 0.306. The summed E-state index contributed by atoms with van der Waals surface area (Å²) in [6, 6.07) is 46.1. The van der Waals surface area contributed by atoms with Crippen molar-refractivity contribution >= 4 is 59.9 Å². The number of rotatable bonds is 6. The van der Waals surface area contributed by atoms with Crippen molar-refractivity contribution in [2.45, 2.75) is 72.6 Å². The molecule has 0 fully saturated rings. The van der Waals surface area contributed by atoms with Crippen LogP contribution in [0.25, 0.3) is 82.2 Å². The lowest BCUT2D eigenvalue weighted by Gasteiger charge is -2.32. The van der Waals surface area contributed by atoms with Gasteiger partial charge in [0.15, 0.2) is 0 Å². The summed E-state index contributed by atoms with van der Waals surface area (Å²) in [5.41, 5.74) is 10.1. The molecule has 294 valence electrons. The van der Waals surface area contributed by atoms with Crippen molar-refractivity contribution in [1.82, 2.24) is 0 Å². The summed E-state index contributed by atoms with van der Waals surface area (Å²) in [6.07, 6.45) is 3.57. The van der Waals surface area contributed by atoms with Crippen molar-refractivity contribution in [3.8, 4) is 33.8 Å². The molecule has 59 heavy (non-hydrogen) atoms. The molecule has 1 atom stereocenters. The minimum Gasteiger partial charge on any atom is -0.496 e. The van der Waals surface area contributed by atoms with Crippen molar-refractivity contribution in [1.29, 1.82) is 0 Å². The fraction of sp³-hybridized carbons (Fsp3) is 0.263. The quantitative estimate of drug-likeness (QED) is 0.157. The first-order valence-electron chi connectivity index (χ1n) is 21.2. The van der Waals surface area contributed by atoms with Crippen molar-refractivity contribution in [2.24, 2.45) is 11.3 Å². The first-order chi connectivity index (χ1) is 28.1. The maximum atomic E-state index is 6.14. The summed E-state index contributed by atoms with van der Waals surface area (Å²) in [6.45, 7) is 18.7. The van der Waals surface area contributed by atoms with E-state index in [4.69, 9.17) is 9.47 Å². The van der Waals surface area contributed by atoms with E-state index >= 15 is 0 Å². The predicted molar refractivity (Wildman–Crippen MR) is 253 cm³/mol. The SMILES string of the molecule is COc1cc(-c2cccc(C(C)(C)c3cccc(-c4cc(OC)c5ccc6cc(C(C)(C)C)cc7ccc4c5c67)c3)c2)c2ccc3c4c(ccc1c24)CC(C(C)(C)C)C=3. The molecule has 0 N–H and O–H groups in total. The summed E-state index contributed by atoms with van der Waals surface area (Å²) < 4.78 is 12.3. The molecule has 0 heterocycles. The standard InChI is InChI=1S/C57H54O2/c1-55(2,3)41-27-35-17-21-43-47(31-49(58-9)45-23-19-37(29-41)51(35)53(43)45)33-13-11-15-39(25-33)57(7,8)40-16-12-14-34(26-40)48-32-50(59-10)46-24-20-38-30-42(56(4,5)6)28-36-18-22-44(48)54(46)52(36)38/h11-29,31-32,42H,30H2,1-10H3. The molecule has 9 aromatic rings. The predicted octanol–water partition coefficient (Wildman–Crippen LogP) is 14.6. The molecule has 0 spiro atoms. The summed E-state index contributed by atoms with van der Waals surface area (Å²) >= 11 is 0. The molecule has 10 rings (SSSR count). The third kappa shape index (κ3) is 5.81. The van der Waals surface area contributed by atoms with Crippen molar-refractivity contribution in [2.75, 3.05) is 14.2 Å².